The molecule has 0 bridgehead atoms. The molecule has 100 valence electrons. The summed E-state index contributed by atoms with van der Waals surface area (Å²) in [6, 6.07) is 14.7. The molecule has 1 unspecified atom stereocenters. The average Bonchev–Trinajstić information content (AvgIpc) is 2.39. The normalized spacial score (nSPS) is 12.4. The van der Waals surface area contributed by atoms with Crippen molar-refractivity contribution in [2.45, 2.75) is 19.4 Å². The Kier molecular flexibility index (Phi) is 5.16. The lowest BCUT2D eigenvalue weighted by atomic mass is 9.98. The predicted molar refractivity (Wildman–Crippen MR) is 86.8 cm³/mol. The minimum Gasteiger partial charge on any atom is -0.271 e. The zero-order chi connectivity index (χ0) is 13.8. The summed E-state index contributed by atoms with van der Waals surface area (Å²) >= 11 is 7.09. The van der Waals surface area contributed by atoms with Crippen molar-refractivity contribution in [1.82, 2.24) is 5.43 Å². The number of aryl methyl sites for hydroxylation is 1. The van der Waals surface area contributed by atoms with Gasteiger partial charge in [-0.05, 0) is 42.7 Å². The first kappa shape index (κ1) is 14.7. The van der Waals surface area contributed by atoms with Crippen LogP contribution in [0.15, 0.2) is 51.4 Å². The van der Waals surface area contributed by atoms with Crippen LogP contribution in [0.4, 0.5) is 0 Å². The number of hydrogen-bond acceptors (Lipinski definition) is 2. The van der Waals surface area contributed by atoms with Gasteiger partial charge in [0.1, 0.15) is 0 Å². The lowest BCUT2D eigenvalue weighted by Crippen LogP contribution is -2.29. The second kappa shape index (κ2) is 6.66. The first-order valence-corrected chi connectivity index (χ1v) is 7.65. The third-order valence-corrected chi connectivity index (χ3v) is 4.27. The van der Waals surface area contributed by atoms with E-state index in [0.29, 0.717) is 0 Å². The van der Waals surface area contributed by atoms with E-state index in [2.05, 4.69) is 74.5 Å². The van der Waals surface area contributed by atoms with Crippen LogP contribution < -0.4 is 11.3 Å². The fraction of sp³-hybridized carbons (Fsp3) is 0.200. The van der Waals surface area contributed by atoms with Crippen molar-refractivity contribution in [2.75, 3.05) is 0 Å². The van der Waals surface area contributed by atoms with E-state index in [9.17, 15) is 0 Å². The maximum Gasteiger partial charge on any atom is 0.0511 e. The van der Waals surface area contributed by atoms with Gasteiger partial charge in [-0.2, -0.15) is 0 Å². The molecule has 2 aromatic rings. The Balaban J connectivity index is 2.27. The number of hydrogen-bond donors (Lipinski definition) is 2. The molecule has 1 atom stereocenters. The van der Waals surface area contributed by atoms with Crippen LogP contribution in [0.3, 0.4) is 0 Å². The molecule has 0 radical (unpaired) electrons. The van der Waals surface area contributed by atoms with E-state index in [-0.39, 0.29) is 6.04 Å². The molecule has 2 rings (SSSR count). The largest absolute Gasteiger partial charge is 0.271 e. The molecule has 2 aromatic carbocycles. The molecular weight excluding hydrogens is 368 g/mol. The zero-order valence-corrected chi connectivity index (χ0v) is 13.8. The van der Waals surface area contributed by atoms with Crippen LogP contribution in [0.5, 0.6) is 0 Å². The van der Waals surface area contributed by atoms with Crippen molar-refractivity contribution in [3.63, 3.8) is 0 Å². The molecule has 0 aliphatic carbocycles. The Hall–Kier alpha value is -0.680. The molecule has 0 aliphatic rings. The van der Waals surface area contributed by atoms with Crippen LogP contribution in [0.25, 0.3) is 0 Å². The average molecular weight is 384 g/mol. The molecular formula is C15H16Br2N2. The lowest BCUT2D eigenvalue weighted by Gasteiger charge is -2.18. The summed E-state index contributed by atoms with van der Waals surface area (Å²) in [5.74, 6) is 5.73. The van der Waals surface area contributed by atoms with E-state index in [4.69, 9.17) is 5.84 Å². The number of benzene rings is 2. The summed E-state index contributed by atoms with van der Waals surface area (Å²) in [7, 11) is 0. The van der Waals surface area contributed by atoms with E-state index in [0.717, 1.165) is 15.4 Å². The van der Waals surface area contributed by atoms with Crippen LogP contribution in [0.2, 0.25) is 0 Å². The van der Waals surface area contributed by atoms with Gasteiger partial charge in [0.05, 0.1) is 6.04 Å². The van der Waals surface area contributed by atoms with E-state index in [1.54, 1.807) is 0 Å². The van der Waals surface area contributed by atoms with Gasteiger partial charge < -0.3 is 0 Å². The van der Waals surface area contributed by atoms with Gasteiger partial charge in [-0.1, -0.05) is 61.7 Å². The van der Waals surface area contributed by atoms with Gasteiger partial charge >= 0.3 is 0 Å². The fourth-order valence-corrected chi connectivity index (χ4v) is 3.06. The Morgan fingerprint density at radius 1 is 1.16 bits per heavy atom. The topological polar surface area (TPSA) is 38.0 Å². The summed E-state index contributed by atoms with van der Waals surface area (Å²) in [5.41, 5.74) is 6.56. The second-order valence-corrected chi connectivity index (χ2v) is 6.35. The predicted octanol–water partition coefficient (Wildman–Crippen LogP) is 4.27. The van der Waals surface area contributed by atoms with E-state index in [1.165, 1.54) is 16.7 Å². The molecule has 0 aliphatic heterocycles. The quantitative estimate of drug-likeness (QED) is 0.611. The van der Waals surface area contributed by atoms with Crippen LogP contribution >= 0.6 is 31.9 Å². The molecule has 0 saturated carbocycles. The van der Waals surface area contributed by atoms with Crippen LogP contribution in [-0.4, -0.2) is 0 Å². The summed E-state index contributed by atoms with van der Waals surface area (Å²) in [6.45, 7) is 2.09. The number of halogens is 2. The van der Waals surface area contributed by atoms with Gasteiger partial charge in [0.15, 0.2) is 0 Å². The van der Waals surface area contributed by atoms with Gasteiger partial charge in [0, 0.05) is 8.95 Å². The van der Waals surface area contributed by atoms with Crippen molar-refractivity contribution in [3.8, 4) is 0 Å². The van der Waals surface area contributed by atoms with E-state index < -0.39 is 0 Å². The summed E-state index contributed by atoms with van der Waals surface area (Å²) < 4.78 is 2.17. The summed E-state index contributed by atoms with van der Waals surface area (Å²) in [4.78, 5) is 0. The Morgan fingerprint density at radius 2 is 1.95 bits per heavy atom. The molecule has 0 spiro atoms. The standard InChI is InChI=1S/C15H16Br2N2/c1-10-5-6-14(17)13(7-10)15(19-18)9-11-3-2-4-12(16)8-11/h2-8,15,19H,9,18H2,1H3. The first-order valence-electron chi connectivity index (χ1n) is 6.07. The number of nitrogens with two attached hydrogens (primary N) is 1. The van der Waals surface area contributed by atoms with Crippen molar-refractivity contribution in [1.29, 1.82) is 0 Å². The highest BCUT2D eigenvalue weighted by Gasteiger charge is 2.14. The molecule has 19 heavy (non-hydrogen) atoms. The second-order valence-electron chi connectivity index (χ2n) is 4.58. The minimum atomic E-state index is 0.0866. The Bertz CT molecular complexity index is 570. The molecule has 2 nitrogen and oxygen atoms in total. The monoisotopic (exact) mass is 382 g/mol. The van der Waals surface area contributed by atoms with Crippen molar-refractivity contribution in [2.24, 2.45) is 5.84 Å². The van der Waals surface area contributed by atoms with Gasteiger partial charge in [-0.15, -0.1) is 0 Å². The van der Waals surface area contributed by atoms with Crippen LogP contribution in [0.1, 0.15) is 22.7 Å². The molecule has 4 heteroatoms. The van der Waals surface area contributed by atoms with Gasteiger partial charge in [0.25, 0.3) is 0 Å². The maximum absolute atomic E-state index is 5.73. The zero-order valence-electron chi connectivity index (χ0n) is 10.7. The van der Waals surface area contributed by atoms with Crippen LogP contribution in [-0.2, 0) is 6.42 Å². The number of nitrogens with one attached hydrogen (secondary N) is 1. The van der Waals surface area contributed by atoms with E-state index >= 15 is 0 Å². The molecule has 0 heterocycles. The van der Waals surface area contributed by atoms with Gasteiger partial charge in [-0.25, -0.2) is 0 Å². The van der Waals surface area contributed by atoms with Gasteiger partial charge in [0.2, 0.25) is 0 Å². The minimum absolute atomic E-state index is 0.0866. The number of hydrazine groups is 1. The lowest BCUT2D eigenvalue weighted by molar-refractivity contribution is 0.549. The third-order valence-electron chi connectivity index (χ3n) is 3.06. The maximum atomic E-state index is 5.73. The van der Waals surface area contributed by atoms with Crippen molar-refractivity contribution < 1.29 is 0 Å². The number of rotatable bonds is 4. The third kappa shape index (κ3) is 3.89. The highest BCUT2D eigenvalue weighted by Crippen LogP contribution is 2.27. The molecule has 0 amide bonds. The fourth-order valence-electron chi connectivity index (χ4n) is 2.09. The Labute approximate surface area is 130 Å². The van der Waals surface area contributed by atoms with Crippen molar-refractivity contribution in [3.05, 3.63) is 68.1 Å². The van der Waals surface area contributed by atoms with Gasteiger partial charge in [-0.3, -0.25) is 11.3 Å². The highest BCUT2D eigenvalue weighted by atomic mass is 79.9. The van der Waals surface area contributed by atoms with Crippen molar-refractivity contribution >= 4 is 31.9 Å². The SMILES string of the molecule is Cc1ccc(Br)c(C(Cc2cccc(Br)c2)NN)c1. The van der Waals surface area contributed by atoms with E-state index in [1.807, 2.05) is 12.1 Å². The molecule has 0 fully saturated rings. The molecule has 0 saturated heterocycles. The molecule has 0 aromatic heterocycles. The first-order chi connectivity index (χ1) is 9.10. The summed E-state index contributed by atoms with van der Waals surface area (Å²) in [5, 5.41) is 0. The smallest absolute Gasteiger partial charge is 0.0511 e. The van der Waals surface area contributed by atoms with Crippen LogP contribution in [0, 0.1) is 6.92 Å². The summed E-state index contributed by atoms with van der Waals surface area (Å²) in [6.07, 6.45) is 0.845. The highest BCUT2D eigenvalue weighted by molar-refractivity contribution is 9.10. The Morgan fingerprint density at radius 3 is 2.63 bits per heavy atom. The molecule has 3 N–H and O–H groups in total.